The van der Waals surface area contributed by atoms with Crippen molar-refractivity contribution in [2.24, 2.45) is 0 Å². The van der Waals surface area contributed by atoms with Crippen LogP contribution < -0.4 is 0 Å². The molecule has 1 saturated carbocycles. The van der Waals surface area contributed by atoms with Crippen molar-refractivity contribution in [3.63, 3.8) is 0 Å². The highest BCUT2D eigenvalue weighted by Gasteiger charge is 2.26. The van der Waals surface area contributed by atoms with E-state index in [1.807, 2.05) is 12.1 Å². The van der Waals surface area contributed by atoms with Crippen molar-refractivity contribution >= 4 is 11.6 Å². The molecule has 0 bridgehead atoms. The highest BCUT2D eigenvalue weighted by molar-refractivity contribution is 6.31. The summed E-state index contributed by atoms with van der Waals surface area (Å²) in [4.78, 5) is 0. The van der Waals surface area contributed by atoms with Crippen LogP contribution in [0.25, 0.3) is 0 Å². The Morgan fingerprint density at radius 1 is 1.50 bits per heavy atom. The van der Waals surface area contributed by atoms with Crippen LogP contribution in [0, 0.1) is 0 Å². The number of hydrogen-bond acceptors (Lipinski definition) is 0. The summed E-state index contributed by atoms with van der Waals surface area (Å²) in [5.74, 6) is 1.14. The van der Waals surface area contributed by atoms with Gasteiger partial charge in [-0.2, -0.15) is 0 Å². The second kappa shape index (κ2) is 3.78. The van der Waals surface area contributed by atoms with Crippen LogP contribution in [0.3, 0.4) is 0 Å². The molecule has 1 aromatic carbocycles. The van der Waals surface area contributed by atoms with Crippen molar-refractivity contribution in [3.8, 4) is 0 Å². The Labute approximate surface area is 90.6 Å². The van der Waals surface area contributed by atoms with E-state index in [9.17, 15) is 0 Å². The molecule has 0 amide bonds. The van der Waals surface area contributed by atoms with E-state index in [4.69, 9.17) is 11.6 Å². The average Bonchev–Trinajstić information content (AvgIpc) is 3.01. The molecular formula is C13H15Cl. The standard InChI is InChI=1S/C13H15Cl/c1-3-9(2)11-6-7-13(14)12(8-11)10-4-5-10/h3,6-10H,1,4-5H2,2H3. The molecule has 1 aliphatic rings. The van der Waals surface area contributed by atoms with Gasteiger partial charge in [-0.25, -0.2) is 0 Å². The zero-order chi connectivity index (χ0) is 10.1. The molecule has 1 atom stereocenters. The average molecular weight is 207 g/mol. The fourth-order valence-electron chi connectivity index (χ4n) is 1.69. The van der Waals surface area contributed by atoms with Gasteiger partial charge in [0.2, 0.25) is 0 Å². The molecule has 1 heteroatoms. The summed E-state index contributed by atoms with van der Waals surface area (Å²) in [5, 5.41) is 0.924. The lowest BCUT2D eigenvalue weighted by Crippen LogP contribution is -1.91. The lowest BCUT2D eigenvalue weighted by atomic mass is 9.98. The van der Waals surface area contributed by atoms with Crippen molar-refractivity contribution < 1.29 is 0 Å². The van der Waals surface area contributed by atoms with Crippen molar-refractivity contribution in [2.45, 2.75) is 31.6 Å². The van der Waals surface area contributed by atoms with E-state index in [0.29, 0.717) is 5.92 Å². The second-order valence-electron chi connectivity index (χ2n) is 4.08. The molecule has 1 aromatic rings. The van der Waals surface area contributed by atoms with Gasteiger partial charge in [0.25, 0.3) is 0 Å². The first-order valence-electron chi connectivity index (χ1n) is 5.14. The van der Waals surface area contributed by atoms with E-state index < -0.39 is 0 Å². The van der Waals surface area contributed by atoms with Gasteiger partial charge in [0, 0.05) is 5.02 Å². The molecular weight excluding hydrogens is 192 g/mol. The summed E-state index contributed by atoms with van der Waals surface area (Å²) in [6, 6.07) is 6.36. The van der Waals surface area contributed by atoms with Crippen LogP contribution in [-0.4, -0.2) is 0 Å². The van der Waals surface area contributed by atoms with Crippen molar-refractivity contribution in [1.29, 1.82) is 0 Å². The topological polar surface area (TPSA) is 0 Å². The van der Waals surface area contributed by atoms with Crippen LogP contribution in [0.1, 0.15) is 42.7 Å². The van der Waals surface area contributed by atoms with Gasteiger partial charge in [-0.15, -0.1) is 6.58 Å². The molecule has 1 fully saturated rings. The lowest BCUT2D eigenvalue weighted by Gasteiger charge is -2.09. The summed E-state index contributed by atoms with van der Waals surface area (Å²) in [5.41, 5.74) is 2.66. The van der Waals surface area contributed by atoms with E-state index in [2.05, 4.69) is 25.6 Å². The monoisotopic (exact) mass is 206 g/mol. The molecule has 1 unspecified atom stereocenters. The second-order valence-corrected chi connectivity index (χ2v) is 4.49. The molecule has 0 saturated heterocycles. The third-order valence-electron chi connectivity index (χ3n) is 2.92. The predicted octanol–water partition coefficient (Wildman–Crippen LogP) is 4.51. The molecule has 0 nitrogen and oxygen atoms in total. The Morgan fingerprint density at radius 3 is 2.79 bits per heavy atom. The van der Waals surface area contributed by atoms with Gasteiger partial charge in [0.1, 0.15) is 0 Å². The Hall–Kier alpha value is -0.750. The molecule has 74 valence electrons. The Bertz CT molecular complexity index is 350. The molecule has 0 spiro atoms. The van der Waals surface area contributed by atoms with Crippen LogP contribution in [-0.2, 0) is 0 Å². The summed E-state index contributed by atoms with van der Waals surface area (Å²) in [7, 11) is 0. The largest absolute Gasteiger partial charge is 0.102 e. The minimum Gasteiger partial charge on any atom is -0.102 e. The maximum absolute atomic E-state index is 6.15. The molecule has 2 rings (SSSR count). The SMILES string of the molecule is C=CC(C)c1ccc(Cl)c(C2CC2)c1. The first-order valence-corrected chi connectivity index (χ1v) is 5.52. The third-order valence-corrected chi connectivity index (χ3v) is 3.26. The highest BCUT2D eigenvalue weighted by Crippen LogP contribution is 2.44. The van der Waals surface area contributed by atoms with E-state index in [0.717, 1.165) is 10.9 Å². The van der Waals surface area contributed by atoms with Crippen molar-refractivity contribution in [2.75, 3.05) is 0 Å². The number of allylic oxidation sites excluding steroid dienone is 1. The van der Waals surface area contributed by atoms with E-state index in [-0.39, 0.29) is 0 Å². The number of halogens is 1. The van der Waals surface area contributed by atoms with E-state index in [1.165, 1.54) is 24.0 Å². The first kappa shape index (κ1) is 9.79. The first-order chi connectivity index (χ1) is 6.72. The van der Waals surface area contributed by atoms with Gasteiger partial charge in [-0.3, -0.25) is 0 Å². The van der Waals surface area contributed by atoms with Gasteiger partial charge >= 0.3 is 0 Å². The van der Waals surface area contributed by atoms with Gasteiger partial charge in [0.15, 0.2) is 0 Å². The summed E-state index contributed by atoms with van der Waals surface area (Å²) in [6.07, 6.45) is 4.57. The molecule has 0 radical (unpaired) electrons. The van der Waals surface area contributed by atoms with Gasteiger partial charge in [-0.05, 0) is 41.9 Å². The zero-order valence-corrected chi connectivity index (χ0v) is 9.22. The highest BCUT2D eigenvalue weighted by atomic mass is 35.5. The summed E-state index contributed by atoms with van der Waals surface area (Å²) in [6.45, 7) is 5.98. The Kier molecular flexibility index (Phi) is 2.64. The van der Waals surface area contributed by atoms with Gasteiger partial charge < -0.3 is 0 Å². The van der Waals surface area contributed by atoms with Crippen molar-refractivity contribution in [3.05, 3.63) is 47.0 Å². The number of hydrogen-bond donors (Lipinski definition) is 0. The predicted molar refractivity (Wildman–Crippen MR) is 62.0 cm³/mol. The fourth-order valence-corrected chi connectivity index (χ4v) is 1.96. The van der Waals surface area contributed by atoms with Crippen LogP contribution >= 0.6 is 11.6 Å². The normalized spacial score (nSPS) is 17.9. The summed E-state index contributed by atoms with van der Waals surface area (Å²) < 4.78 is 0. The minimum atomic E-state index is 0.421. The lowest BCUT2D eigenvalue weighted by molar-refractivity contribution is 0.960. The third kappa shape index (κ3) is 1.85. The van der Waals surface area contributed by atoms with Crippen LogP contribution in [0.4, 0.5) is 0 Å². The maximum atomic E-state index is 6.15. The summed E-state index contributed by atoms with van der Waals surface area (Å²) >= 11 is 6.15. The molecule has 14 heavy (non-hydrogen) atoms. The zero-order valence-electron chi connectivity index (χ0n) is 8.46. The fraction of sp³-hybridized carbons (Fsp3) is 0.385. The quantitative estimate of drug-likeness (QED) is 0.639. The van der Waals surface area contributed by atoms with Crippen LogP contribution in [0.2, 0.25) is 5.02 Å². The van der Waals surface area contributed by atoms with E-state index >= 15 is 0 Å². The van der Waals surface area contributed by atoms with Crippen LogP contribution in [0.15, 0.2) is 30.9 Å². The van der Waals surface area contributed by atoms with Crippen LogP contribution in [0.5, 0.6) is 0 Å². The molecule has 0 heterocycles. The van der Waals surface area contributed by atoms with Crippen molar-refractivity contribution in [1.82, 2.24) is 0 Å². The maximum Gasteiger partial charge on any atom is 0.0441 e. The van der Waals surface area contributed by atoms with Gasteiger partial charge in [0.05, 0.1) is 0 Å². The van der Waals surface area contributed by atoms with E-state index in [1.54, 1.807) is 0 Å². The molecule has 1 aliphatic carbocycles. The minimum absolute atomic E-state index is 0.421. The Morgan fingerprint density at radius 2 is 2.21 bits per heavy atom. The number of rotatable bonds is 3. The number of benzene rings is 1. The Balaban J connectivity index is 2.34. The molecule has 0 aromatic heterocycles. The molecule has 0 aliphatic heterocycles. The van der Waals surface area contributed by atoms with Gasteiger partial charge in [-0.1, -0.05) is 36.7 Å². The smallest absolute Gasteiger partial charge is 0.0441 e. The molecule has 0 N–H and O–H groups in total.